The molecule has 2 aromatic carbocycles. The van der Waals surface area contributed by atoms with Crippen molar-refractivity contribution in [3.63, 3.8) is 0 Å². The van der Waals surface area contributed by atoms with Gasteiger partial charge in [0.1, 0.15) is 11.6 Å². The number of hydrogen-bond donors (Lipinski definition) is 3. The first-order valence-corrected chi connectivity index (χ1v) is 11.2. The van der Waals surface area contributed by atoms with Gasteiger partial charge in [0.2, 0.25) is 6.79 Å². The molecule has 170 valence electrons. The molecule has 33 heavy (non-hydrogen) atoms. The van der Waals surface area contributed by atoms with Gasteiger partial charge >= 0.3 is 5.97 Å². The molecule has 2 atom stereocenters. The van der Waals surface area contributed by atoms with Crippen LogP contribution >= 0.6 is 0 Å². The van der Waals surface area contributed by atoms with Crippen LogP contribution < -0.4 is 14.8 Å². The number of carboxylic acid groups (broad SMARTS) is 1. The van der Waals surface area contributed by atoms with Crippen LogP contribution in [-0.4, -0.2) is 34.0 Å². The molecule has 2 aliphatic rings. The number of ether oxygens (including phenoxy) is 2. The van der Waals surface area contributed by atoms with E-state index in [0.29, 0.717) is 41.4 Å². The van der Waals surface area contributed by atoms with Crippen molar-refractivity contribution in [2.24, 2.45) is 5.92 Å². The Morgan fingerprint density at radius 3 is 2.82 bits per heavy atom. The highest BCUT2D eigenvalue weighted by Crippen LogP contribution is 2.43. The summed E-state index contributed by atoms with van der Waals surface area (Å²) < 4.78 is 11.3. The minimum absolute atomic E-state index is 0.0163. The quantitative estimate of drug-likeness (QED) is 0.494. The highest BCUT2D eigenvalue weighted by Gasteiger charge is 2.27. The molecule has 0 saturated heterocycles. The van der Waals surface area contributed by atoms with Crippen molar-refractivity contribution < 1.29 is 24.5 Å². The molecule has 0 spiro atoms. The monoisotopic (exact) mass is 446 g/mol. The summed E-state index contributed by atoms with van der Waals surface area (Å²) in [5, 5.41) is 23.5. The lowest BCUT2D eigenvalue weighted by molar-refractivity contribution is -0.142. The van der Waals surface area contributed by atoms with Crippen LogP contribution in [0.5, 0.6) is 17.2 Å². The fraction of sp³-hybridized carbons (Fsp3) is 0.308. The Morgan fingerprint density at radius 2 is 1.97 bits per heavy atom. The number of aromatic hydroxyl groups is 1. The molecule has 1 fully saturated rings. The van der Waals surface area contributed by atoms with E-state index >= 15 is 0 Å². The molecule has 0 radical (unpaired) electrons. The third kappa shape index (κ3) is 4.31. The summed E-state index contributed by atoms with van der Waals surface area (Å²) in [7, 11) is 0. The maximum absolute atomic E-state index is 11.5. The predicted octanol–water partition coefficient (Wildman–Crippen LogP) is 5.21. The van der Waals surface area contributed by atoms with E-state index in [1.807, 2.05) is 49.4 Å². The van der Waals surface area contributed by atoms with E-state index in [4.69, 9.17) is 14.5 Å². The molecule has 7 heteroatoms. The number of anilines is 1. The number of phenolic OH excluding ortho intramolecular Hbond substituents is 1. The van der Waals surface area contributed by atoms with Crippen LogP contribution in [0.4, 0.5) is 5.82 Å². The third-order valence-electron chi connectivity index (χ3n) is 6.34. The number of pyridine rings is 1. The minimum atomic E-state index is -0.745. The maximum Gasteiger partial charge on any atom is 0.306 e. The molecule has 3 aromatic rings. The smallest absolute Gasteiger partial charge is 0.306 e. The Balaban J connectivity index is 1.57. The second-order valence-corrected chi connectivity index (χ2v) is 8.73. The van der Waals surface area contributed by atoms with Crippen LogP contribution in [0.2, 0.25) is 0 Å². The Hall–Kier alpha value is -3.74. The number of carboxylic acids is 1. The van der Waals surface area contributed by atoms with E-state index in [1.165, 1.54) is 0 Å². The number of aliphatic carboxylic acids is 1. The van der Waals surface area contributed by atoms with Gasteiger partial charge in [-0.1, -0.05) is 30.2 Å². The van der Waals surface area contributed by atoms with Gasteiger partial charge in [-0.25, -0.2) is 4.98 Å². The van der Waals surface area contributed by atoms with E-state index < -0.39 is 5.97 Å². The summed E-state index contributed by atoms with van der Waals surface area (Å²) in [5.74, 6) is 1.06. The fourth-order valence-electron chi connectivity index (χ4n) is 4.66. The third-order valence-corrected chi connectivity index (χ3v) is 6.34. The van der Waals surface area contributed by atoms with E-state index in [-0.39, 0.29) is 24.5 Å². The first-order chi connectivity index (χ1) is 16.0. The zero-order valence-corrected chi connectivity index (χ0v) is 18.4. The number of nitrogens with zero attached hydrogens (tertiary/aromatic N) is 1. The van der Waals surface area contributed by atoms with Gasteiger partial charge < -0.3 is 25.0 Å². The zero-order chi connectivity index (χ0) is 22.9. The topological polar surface area (TPSA) is 101 Å². The van der Waals surface area contributed by atoms with E-state index in [0.717, 1.165) is 29.5 Å². The molecule has 0 bridgehead atoms. The van der Waals surface area contributed by atoms with Gasteiger partial charge in [0.25, 0.3) is 0 Å². The summed E-state index contributed by atoms with van der Waals surface area (Å²) >= 11 is 0. The van der Waals surface area contributed by atoms with Crippen LogP contribution in [0.15, 0.2) is 48.5 Å². The first kappa shape index (κ1) is 21.1. The second kappa shape index (κ2) is 8.65. The van der Waals surface area contributed by atoms with E-state index in [9.17, 15) is 15.0 Å². The summed E-state index contributed by atoms with van der Waals surface area (Å²) in [4.78, 5) is 16.3. The van der Waals surface area contributed by atoms with Crippen molar-refractivity contribution in [3.8, 4) is 39.6 Å². The van der Waals surface area contributed by atoms with Crippen LogP contribution in [0.25, 0.3) is 22.4 Å². The van der Waals surface area contributed by atoms with E-state index in [1.54, 1.807) is 6.07 Å². The number of para-hydroxylation sites is 1. The molecule has 1 aliphatic carbocycles. The number of nitrogens with one attached hydrogen (secondary N) is 1. The maximum atomic E-state index is 11.5. The van der Waals surface area contributed by atoms with Gasteiger partial charge in [0, 0.05) is 17.2 Å². The number of benzene rings is 2. The van der Waals surface area contributed by atoms with Crippen LogP contribution in [0.3, 0.4) is 0 Å². The average molecular weight is 447 g/mol. The van der Waals surface area contributed by atoms with Crippen molar-refractivity contribution in [1.82, 2.24) is 4.98 Å². The Labute approximate surface area is 192 Å². The van der Waals surface area contributed by atoms with Crippen LogP contribution in [-0.2, 0) is 4.79 Å². The molecule has 0 amide bonds. The number of hydrogen-bond acceptors (Lipinski definition) is 6. The first-order valence-electron chi connectivity index (χ1n) is 11.2. The lowest BCUT2D eigenvalue weighted by Crippen LogP contribution is -2.31. The number of aromatic nitrogens is 1. The van der Waals surface area contributed by atoms with Gasteiger partial charge in [-0.15, -0.1) is 0 Å². The lowest BCUT2D eigenvalue weighted by Gasteiger charge is -2.28. The van der Waals surface area contributed by atoms with Crippen molar-refractivity contribution in [2.45, 2.75) is 38.6 Å². The Bertz CT molecular complexity index is 1210. The minimum Gasteiger partial charge on any atom is -0.507 e. The second-order valence-electron chi connectivity index (χ2n) is 8.73. The van der Waals surface area contributed by atoms with Gasteiger partial charge in [0.05, 0.1) is 11.6 Å². The SMILES string of the molecule is Cc1ccc(O)c(-c2cc(-c3cccc4c3OCO4)cc(NC3CCCC(C(=O)O)C3)n2)c1. The molecule has 1 aromatic heterocycles. The number of phenols is 1. The van der Waals surface area contributed by atoms with Crippen LogP contribution in [0.1, 0.15) is 31.2 Å². The molecular formula is C26H26N2O5. The molecular weight excluding hydrogens is 420 g/mol. The van der Waals surface area contributed by atoms with Crippen LogP contribution in [0, 0.1) is 12.8 Å². The molecule has 5 rings (SSSR count). The zero-order valence-electron chi connectivity index (χ0n) is 18.4. The standard InChI is InChI=1S/C26H26N2O5/c1-15-8-9-22(29)20(10-15)21-12-17(19-6-3-7-23-25(19)33-14-32-23)13-24(28-21)27-18-5-2-4-16(11-18)26(30)31/h3,6-10,12-13,16,18,29H,2,4-5,11,14H2,1H3,(H,27,28)(H,30,31). The summed E-state index contributed by atoms with van der Waals surface area (Å²) in [6.07, 6.45) is 3.01. The summed E-state index contributed by atoms with van der Waals surface area (Å²) in [5.41, 5.74) is 4.01. The predicted molar refractivity (Wildman–Crippen MR) is 125 cm³/mol. The number of rotatable bonds is 5. The van der Waals surface area contributed by atoms with Gasteiger partial charge in [-0.3, -0.25) is 4.79 Å². The average Bonchev–Trinajstić information content (AvgIpc) is 3.29. The molecule has 2 heterocycles. The normalized spacial score (nSPS) is 19.3. The summed E-state index contributed by atoms with van der Waals surface area (Å²) in [6.45, 7) is 2.14. The number of aryl methyl sites for hydroxylation is 1. The number of carbonyl (C=O) groups is 1. The van der Waals surface area contributed by atoms with Gasteiger partial charge in [-0.05, 0) is 62.1 Å². The van der Waals surface area contributed by atoms with Crippen molar-refractivity contribution >= 4 is 11.8 Å². The Morgan fingerprint density at radius 1 is 1.09 bits per heavy atom. The van der Waals surface area contributed by atoms with Gasteiger partial charge in [0.15, 0.2) is 11.5 Å². The largest absolute Gasteiger partial charge is 0.507 e. The molecule has 1 aliphatic heterocycles. The van der Waals surface area contributed by atoms with Crippen molar-refractivity contribution in [1.29, 1.82) is 0 Å². The highest BCUT2D eigenvalue weighted by atomic mass is 16.7. The highest BCUT2D eigenvalue weighted by molar-refractivity contribution is 5.81. The van der Waals surface area contributed by atoms with Crippen molar-refractivity contribution in [2.75, 3.05) is 12.1 Å². The fourth-order valence-corrected chi connectivity index (χ4v) is 4.66. The van der Waals surface area contributed by atoms with Crippen molar-refractivity contribution in [3.05, 3.63) is 54.1 Å². The lowest BCUT2D eigenvalue weighted by atomic mass is 9.86. The number of fused-ring (bicyclic) bond motifs is 1. The summed E-state index contributed by atoms with van der Waals surface area (Å²) in [6, 6.07) is 15.1. The van der Waals surface area contributed by atoms with E-state index in [2.05, 4.69) is 5.32 Å². The molecule has 1 saturated carbocycles. The van der Waals surface area contributed by atoms with Gasteiger partial charge in [-0.2, -0.15) is 0 Å². The Kier molecular flexibility index (Phi) is 5.54. The molecule has 7 nitrogen and oxygen atoms in total. The molecule has 3 N–H and O–H groups in total. The molecule has 2 unspecified atom stereocenters.